The van der Waals surface area contributed by atoms with Gasteiger partial charge in [-0.25, -0.2) is 4.99 Å². The van der Waals surface area contributed by atoms with Crippen LogP contribution in [0.25, 0.3) is 0 Å². The van der Waals surface area contributed by atoms with Crippen molar-refractivity contribution < 1.29 is 9.21 Å². The van der Waals surface area contributed by atoms with Gasteiger partial charge >= 0.3 is 0 Å². The molecule has 3 rings (SSSR count). The zero-order valence-corrected chi connectivity index (χ0v) is 20.3. The molecule has 3 aromatic rings. The molecule has 1 heterocycles. The second kappa shape index (κ2) is 13.0. The summed E-state index contributed by atoms with van der Waals surface area (Å²) in [6.45, 7) is 4.21. The molecule has 31 heavy (non-hydrogen) atoms. The van der Waals surface area contributed by atoms with Crippen LogP contribution in [-0.4, -0.2) is 18.4 Å². The zero-order valence-electron chi connectivity index (χ0n) is 17.2. The third kappa shape index (κ3) is 8.26. The lowest BCUT2D eigenvalue weighted by molar-refractivity contribution is 0.0948. The van der Waals surface area contributed by atoms with Crippen LogP contribution in [-0.2, 0) is 19.6 Å². The summed E-state index contributed by atoms with van der Waals surface area (Å²) in [6.07, 6.45) is 1.59. The average molecular weight is 553 g/mol. The van der Waals surface area contributed by atoms with Gasteiger partial charge in [-0.15, -0.1) is 24.0 Å². The third-order valence-corrected chi connectivity index (χ3v) is 4.58. The summed E-state index contributed by atoms with van der Waals surface area (Å²) in [5.41, 5.74) is 2.65. The molecule has 8 heteroatoms. The van der Waals surface area contributed by atoms with Gasteiger partial charge in [0.1, 0.15) is 5.76 Å². The maximum atomic E-state index is 12.4. The summed E-state index contributed by atoms with van der Waals surface area (Å²) in [7, 11) is 0. The summed E-state index contributed by atoms with van der Waals surface area (Å²) < 4.78 is 5.24. The summed E-state index contributed by atoms with van der Waals surface area (Å²) in [5, 5.41) is 10.1. The topological polar surface area (TPSA) is 78.7 Å². The van der Waals surface area contributed by atoms with E-state index in [1.54, 1.807) is 18.4 Å². The molecule has 0 atom stereocenters. The number of furan rings is 1. The highest BCUT2D eigenvalue weighted by molar-refractivity contribution is 14.0. The molecule has 0 unspecified atom stereocenters. The molecule has 1 aromatic heterocycles. The van der Waals surface area contributed by atoms with Crippen LogP contribution in [0.5, 0.6) is 0 Å². The highest BCUT2D eigenvalue weighted by Gasteiger charge is 2.07. The van der Waals surface area contributed by atoms with Crippen LogP contribution in [0, 0.1) is 0 Å². The number of aliphatic imine (C=N–C) groups is 1. The number of amides is 1. The Morgan fingerprint density at radius 3 is 2.48 bits per heavy atom. The monoisotopic (exact) mass is 552 g/mol. The summed E-state index contributed by atoms with van der Waals surface area (Å²) in [6, 6.07) is 18.8. The Labute approximate surface area is 204 Å². The predicted octanol–water partition coefficient (Wildman–Crippen LogP) is 4.74. The van der Waals surface area contributed by atoms with E-state index in [0.29, 0.717) is 41.9 Å². The van der Waals surface area contributed by atoms with Crippen molar-refractivity contribution in [3.05, 3.63) is 94.4 Å². The van der Waals surface area contributed by atoms with Gasteiger partial charge in [-0.2, -0.15) is 0 Å². The van der Waals surface area contributed by atoms with Crippen LogP contribution in [0.4, 0.5) is 0 Å². The van der Waals surface area contributed by atoms with Gasteiger partial charge < -0.3 is 20.4 Å². The molecule has 1 amide bonds. The van der Waals surface area contributed by atoms with E-state index in [9.17, 15) is 4.79 Å². The lowest BCUT2D eigenvalue weighted by atomic mass is 10.1. The summed E-state index contributed by atoms with van der Waals surface area (Å²) in [5.74, 6) is 1.27. The van der Waals surface area contributed by atoms with Crippen molar-refractivity contribution in [3.63, 3.8) is 0 Å². The maximum Gasteiger partial charge on any atom is 0.251 e. The van der Waals surface area contributed by atoms with E-state index in [1.807, 2.05) is 55.5 Å². The van der Waals surface area contributed by atoms with E-state index >= 15 is 0 Å². The van der Waals surface area contributed by atoms with E-state index in [2.05, 4.69) is 20.9 Å². The molecule has 0 fully saturated rings. The van der Waals surface area contributed by atoms with Crippen LogP contribution >= 0.6 is 35.6 Å². The van der Waals surface area contributed by atoms with Crippen molar-refractivity contribution in [2.24, 2.45) is 4.99 Å². The van der Waals surface area contributed by atoms with Gasteiger partial charge in [0.2, 0.25) is 0 Å². The van der Waals surface area contributed by atoms with E-state index in [1.165, 1.54) is 0 Å². The second-order valence-electron chi connectivity index (χ2n) is 6.64. The van der Waals surface area contributed by atoms with Crippen LogP contribution in [0.15, 0.2) is 76.3 Å². The van der Waals surface area contributed by atoms with Gasteiger partial charge in [0.25, 0.3) is 5.91 Å². The fraction of sp³-hybridized carbons (Fsp3) is 0.217. The van der Waals surface area contributed by atoms with Crippen LogP contribution < -0.4 is 16.0 Å². The van der Waals surface area contributed by atoms with Crippen molar-refractivity contribution in [1.82, 2.24) is 16.0 Å². The SMILES string of the molecule is CCNC(=NCc1cccc(C(=O)NCc2ccco2)c1)NCc1ccc(Cl)cc1.I. The third-order valence-electron chi connectivity index (χ3n) is 4.33. The first-order valence-electron chi connectivity index (χ1n) is 9.80. The zero-order chi connectivity index (χ0) is 21.2. The molecule has 6 nitrogen and oxygen atoms in total. The van der Waals surface area contributed by atoms with Gasteiger partial charge in [-0.05, 0) is 54.4 Å². The maximum absolute atomic E-state index is 12.4. The molecule has 0 bridgehead atoms. The Hall–Kier alpha value is -2.52. The van der Waals surface area contributed by atoms with Crippen LogP contribution in [0.3, 0.4) is 0 Å². The number of carbonyl (C=O) groups excluding carboxylic acids is 1. The first kappa shape index (κ1) is 24.7. The second-order valence-corrected chi connectivity index (χ2v) is 7.07. The number of nitrogens with one attached hydrogen (secondary N) is 3. The lowest BCUT2D eigenvalue weighted by Gasteiger charge is -2.12. The van der Waals surface area contributed by atoms with Gasteiger partial charge in [0, 0.05) is 23.7 Å². The van der Waals surface area contributed by atoms with Crippen molar-refractivity contribution in [1.29, 1.82) is 0 Å². The Balaban J connectivity index is 0.00000341. The number of benzene rings is 2. The van der Waals surface area contributed by atoms with Gasteiger partial charge in [0.05, 0.1) is 19.4 Å². The minimum absolute atomic E-state index is 0. The van der Waals surface area contributed by atoms with Crippen LogP contribution in [0.1, 0.15) is 34.2 Å². The minimum atomic E-state index is -0.148. The van der Waals surface area contributed by atoms with Crippen molar-refractivity contribution >= 4 is 47.4 Å². The standard InChI is InChI=1S/C23H25ClN4O2.HI/c1-2-25-23(27-14-17-8-10-20(24)11-9-17)28-15-18-5-3-6-19(13-18)22(29)26-16-21-7-4-12-30-21;/h3-13H,2,14-16H2,1H3,(H,26,29)(H2,25,27,28);1H. The molecule has 0 spiro atoms. The fourth-order valence-electron chi connectivity index (χ4n) is 2.79. The number of rotatable bonds is 8. The fourth-order valence-corrected chi connectivity index (χ4v) is 2.92. The van der Waals surface area contributed by atoms with Crippen LogP contribution in [0.2, 0.25) is 5.02 Å². The van der Waals surface area contributed by atoms with E-state index < -0.39 is 0 Å². The number of hydrogen-bond acceptors (Lipinski definition) is 3. The highest BCUT2D eigenvalue weighted by atomic mass is 127. The van der Waals surface area contributed by atoms with Gasteiger partial charge in [0.15, 0.2) is 5.96 Å². The van der Waals surface area contributed by atoms with Gasteiger partial charge in [-0.3, -0.25) is 4.79 Å². The molecule has 0 radical (unpaired) electrons. The first-order valence-corrected chi connectivity index (χ1v) is 10.2. The predicted molar refractivity (Wildman–Crippen MR) is 135 cm³/mol. The largest absolute Gasteiger partial charge is 0.467 e. The quantitative estimate of drug-likeness (QED) is 0.214. The Morgan fingerprint density at radius 2 is 1.77 bits per heavy atom. The number of carbonyl (C=O) groups is 1. The van der Waals surface area contributed by atoms with E-state index in [4.69, 9.17) is 16.0 Å². The normalized spacial score (nSPS) is 10.8. The molecular weight excluding hydrogens is 527 g/mol. The molecule has 164 valence electrons. The number of hydrogen-bond donors (Lipinski definition) is 3. The highest BCUT2D eigenvalue weighted by Crippen LogP contribution is 2.10. The Kier molecular flexibility index (Phi) is 10.4. The Morgan fingerprint density at radius 1 is 0.968 bits per heavy atom. The summed E-state index contributed by atoms with van der Waals surface area (Å²) >= 11 is 5.93. The Bertz CT molecular complexity index is 976. The van der Waals surface area contributed by atoms with Gasteiger partial charge in [-0.1, -0.05) is 35.9 Å². The summed E-state index contributed by atoms with van der Waals surface area (Å²) in [4.78, 5) is 17.0. The molecule has 2 aromatic carbocycles. The molecule has 0 aliphatic heterocycles. The molecule has 3 N–H and O–H groups in total. The number of guanidine groups is 1. The molecule has 0 aliphatic carbocycles. The number of halogens is 2. The average Bonchev–Trinajstić information content (AvgIpc) is 3.29. The molecule has 0 saturated heterocycles. The molecular formula is C23H26ClIN4O2. The number of nitrogens with zero attached hydrogens (tertiary/aromatic N) is 1. The van der Waals surface area contributed by atoms with Crippen molar-refractivity contribution in [3.8, 4) is 0 Å². The molecule has 0 aliphatic rings. The first-order chi connectivity index (χ1) is 14.6. The van der Waals surface area contributed by atoms with Crippen molar-refractivity contribution in [2.45, 2.75) is 26.6 Å². The molecule has 0 saturated carbocycles. The van der Waals surface area contributed by atoms with Crippen molar-refractivity contribution in [2.75, 3.05) is 6.54 Å². The van der Waals surface area contributed by atoms with E-state index in [-0.39, 0.29) is 29.9 Å². The van der Waals surface area contributed by atoms with E-state index in [0.717, 1.165) is 17.7 Å². The minimum Gasteiger partial charge on any atom is -0.467 e. The lowest BCUT2D eigenvalue weighted by Crippen LogP contribution is -2.36. The smallest absolute Gasteiger partial charge is 0.251 e.